The lowest BCUT2D eigenvalue weighted by Gasteiger charge is -2.19. The highest BCUT2D eigenvalue weighted by Gasteiger charge is 2.43. The lowest BCUT2D eigenvalue weighted by molar-refractivity contribution is -0.139. The fourth-order valence-electron chi connectivity index (χ4n) is 0.638. The molecule has 0 atom stereocenters. The van der Waals surface area contributed by atoms with Crippen molar-refractivity contribution in [1.29, 1.82) is 0 Å². The Hall–Kier alpha value is -0.790. The van der Waals surface area contributed by atoms with Gasteiger partial charge in [0.15, 0.2) is 14.6 Å². The van der Waals surface area contributed by atoms with E-state index in [2.05, 4.69) is 0 Å². The van der Waals surface area contributed by atoms with Gasteiger partial charge in [0.2, 0.25) is 0 Å². The van der Waals surface area contributed by atoms with E-state index in [1.165, 1.54) is 0 Å². The zero-order valence-corrected chi connectivity index (χ0v) is 8.94. The number of hydrogen-bond donors (Lipinski definition) is 1. The molecular weight excluding hydrogens is 237 g/mol. The van der Waals surface area contributed by atoms with Crippen LogP contribution in [-0.2, 0) is 14.6 Å². The Morgan fingerprint density at radius 3 is 1.93 bits per heavy atom. The molecule has 8 heteroatoms. The van der Waals surface area contributed by atoms with E-state index < -0.39 is 38.9 Å². The number of halogens is 3. The summed E-state index contributed by atoms with van der Waals surface area (Å²) in [6.07, 6.45) is -6.15. The van der Waals surface area contributed by atoms with Gasteiger partial charge in [-0.05, 0) is 13.8 Å². The Balaban J connectivity index is 4.80. The van der Waals surface area contributed by atoms with E-state index in [1.807, 2.05) is 0 Å². The van der Waals surface area contributed by atoms with Crippen molar-refractivity contribution in [2.24, 2.45) is 0 Å². The summed E-state index contributed by atoms with van der Waals surface area (Å²) in [6, 6.07) is 0. The molecule has 0 fully saturated rings. The monoisotopic (exact) mass is 248 g/mol. The SMILES string of the molecule is CC(C)(C(=O)O)S(=O)(=O)CCC(F)(F)F. The second kappa shape index (κ2) is 3.99. The van der Waals surface area contributed by atoms with Crippen LogP contribution in [0.1, 0.15) is 20.3 Å². The predicted molar refractivity (Wildman–Crippen MR) is 46.2 cm³/mol. The number of sulfone groups is 1. The van der Waals surface area contributed by atoms with Crippen molar-refractivity contribution < 1.29 is 31.5 Å². The molecule has 0 bridgehead atoms. The van der Waals surface area contributed by atoms with Crippen LogP contribution in [-0.4, -0.2) is 36.2 Å². The average Bonchev–Trinajstić information content (AvgIpc) is 1.99. The fourth-order valence-corrected chi connectivity index (χ4v) is 1.91. The molecule has 0 saturated heterocycles. The first-order valence-corrected chi connectivity index (χ1v) is 5.58. The minimum atomic E-state index is -4.61. The van der Waals surface area contributed by atoms with Crippen LogP contribution < -0.4 is 0 Å². The molecular formula is C7H11F3O4S. The number of carbonyl (C=O) groups is 1. The molecule has 0 aromatic rings. The van der Waals surface area contributed by atoms with E-state index in [-0.39, 0.29) is 0 Å². The van der Waals surface area contributed by atoms with Crippen LogP contribution in [0.25, 0.3) is 0 Å². The maximum absolute atomic E-state index is 11.8. The highest BCUT2D eigenvalue weighted by molar-refractivity contribution is 7.93. The van der Waals surface area contributed by atoms with Crippen LogP contribution in [0, 0.1) is 0 Å². The van der Waals surface area contributed by atoms with Gasteiger partial charge >= 0.3 is 12.1 Å². The molecule has 1 N–H and O–H groups in total. The molecule has 0 rings (SSSR count). The zero-order chi connectivity index (χ0) is 12.5. The van der Waals surface area contributed by atoms with Crippen LogP contribution in [0.2, 0.25) is 0 Å². The van der Waals surface area contributed by atoms with Crippen molar-refractivity contribution in [2.45, 2.75) is 31.2 Å². The van der Waals surface area contributed by atoms with Gasteiger partial charge in [-0.1, -0.05) is 0 Å². The van der Waals surface area contributed by atoms with Crippen LogP contribution in [0.15, 0.2) is 0 Å². The van der Waals surface area contributed by atoms with Crippen LogP contribution in [0.3, 0.4) is 0 Å². The van der Waals surface area contributed by atoms with E-state index in [4.69, 9.17) is 5.11 Å². The Morgan fingerprint density at radius 2 is 1.67 bits per heavy atom. The third-order valence-electron chi connectivity index (χ3n) is 1.95. The third kappa shape index (κ3) is 3.69. The maximum Gasteiger partial charge on any atom is 0.390 e. The van der Waals surface area contributed by atoms with Gasteiger partial charge in [0.1, 0.15) is 0 Å². The fraction of sp³-hybridized carbons (Fsp3) is 0.857. The largest absolute Gasteiger partial charge is 0.480 e. The van der Waals surface area contributed by atoms with Gasteiger partial charge in [0, 0.05) is 0 Å². The first kappa shape index (κ1) is 14.2. The van der Waals surface area contributed by atoms with Crippen LogP contribution in [0.4, 0.5) is 13.2 Å². The zero-order valence-electron chi connectivity index (χ0n) is 8.13. The Morgan fingerprint density at radius 1 is 1.27 bits per heavy atom. The van der Waals surface area contributed by atoms with Gasteiger partial charge in [-0.2, -0.15) is 13.2 Å². The summed E-state index contributed by atoms with van der Waals surface area (Å²) >= 11 is 0. The standard InChI is InChI=1S/C7H11F3O4S/c1-6(2,5(11)12)15(13,14)4-3-7(8,9)10/h3-4H2,1-2H3,(H,11,12). The Labute approximate surface area is 85.0 Å². The molecule has 0 radical (unpaired) electrons. The van der Waals surface area contributed by atoms with Crippen molar-refractivity contribution in [1.82, 2.24) is 0 Å². The highest BCUT2D eigenvalue weighted by atomic mass is 32.2. The molecule has 0 saturated carbocycles. The minimum absolute atomic E-state index is 0.862. The summed E-state index contributed by atoms with van der Waals surface area (Å²) in [5.41, 5.74) is 0. The molecule has 0 amide bonds. The molecule has 15 heavy (non-hydrogen) atoms. The summed E-state index contributed by atoms with van der Waals surface area (Å²) in [4.78, 5) is 10.5. The van der Waals surface area contributed by atoms with E-state index in [1.54, 1.807) is 0 Å². The molecule has 0 aromatic heterocycles. The minimum Gasteiger partial charge on any atom is -0.480 e. The highest BCUT2D eigenvalue weighted by Crippen LogP contribution is 2.25. The van der Waals surface area contributed by atoms with Crippen LogP contribution >= 0.6 is 0 Å². The van der Waals surface area contributed by atoms with E-state index in [9.17, 15) is 26.4 Å². The summed E-state index contributed by atoms with van der Waals surface area (Å²) in [6.45, 7) is 1.72. The second-order valence-electron chi connectivity index (χ2n) is 3.50. The van der Waals surface area contributed by atoms with Crippen LogP contribution in [0.5, 0.6) is 0 Å². The summed E-state index contributed by atoms with van der Waals surface area (Å²) in [5, 5.41) is 8.55. The summed E-state index contributed by atoms with van der Waals surface area (Å²) < 4.78 is 55.6. The molecule has 0 aliphatic rings. The van der Waals surface area contributed by atoms with Crippen molar-refractivity contribution in [3.63, 3.8) is 0 Å². The van der Waals surface area contributed by atoms with Crippen molar-refractivity contribution in [2.75, 3.05) is 5.75 Å². The maximum atomic E-state index is 11.8. The quantitative estimate of drug-likeness (QED) is 0.811. The normalized spacial score (nSPS) is 13.9. The lowest BCUT2D eigenvalue weighted by Crippen LogP contribution is -2.42. The van der Waals surface area contributed by atoms with Crippen molar-refractivity contribution in [3.05, 3.63) is 0 Å². The predicted octanol–water partition coefficient (Wildman–Crippen LogP) is 1.22. The van der Waals surface area contributed by atoms with Gasteiger partial charge in [0.25, 0.3) is 0 Å². The van der Waals surface area contributed by atoms with E-state index >= 15 is 0 Å². The average molecular weight is 248 g/mol. The van der Waals surface area contributed by atoms with Crippen molar-refractivity contribution >= 4 is 15.8 Å². The third-order valence-corrected chi connectivity index (χ3v) is 4.42. The van der Waals surface area contributed by atoms with Gasteiger partial charge in [0.05, 0.1) is 12.2 Å². The van der Waals surface area contributed by atoms with Gasteiger partial charge < -0.3 is 5.11 Å². The second-order valence-corrected chi connectivity index (χ2v) is 6.16. The molecule has 0 heterocycles. The number of rotatable bonds is 4. The smallest absolute Gasteiger partial charge is 0.390 e. The molecule has 0 aromatic carbocycles. The van der Waals surface area contributed by atoms with E-state index in [0.29, 0.717) is 0 Å². The molecule has 0 spiro atoms. The first-order chi connectivity index (χ1) is 6.40. The summed E-state index contributed by atoms with van der Waals surface area (Å²) in [5.74, 6) is -2.87. The Kier molecular flexibility index (Phi) is 3.78. The lowest BCUT2D eigenvalue weighted by atomic mass is 10.2. The van der Waals surface area contributed by atoms with Gasteiger partial charge in [-0.25, -0.2) is 8.42 Å². The number of alkyl halides is 3. The molecule has 4 nitrogen and oxygen atoms in total. The number of hydrogen-bond acceptors (Lipinski definition) is 3. The van der Waals surface area contributed by atoms with Gasteiger partial charge in [-0.15, -0.1) is 0 Å². The van der Waals surface area contributed by atoms with E-state index in [0.717, 1.165) is 13.8 Å². The number of aliphatic carboxylic acids is 1. The van der Waals surface area contributed by atoms with Gasteiger partial charge in [-0.3, -0.25) is 4.79 Å². The molecule has 0 aliphatic heterocycles. The molecule has 90 valence electrons. The topological polar surface area (TPSA) is 71.4 Å². The first-order valence-electron chi connectivity index (χ1n) is 3.92. The number of carboxylic acid groups (broad SMARTS) is 1. The molecule has 0 unspecified atom stereocenters. The Bertz CT molecular complexity index is 342. The number of carboxylic acids is 1. The van der Waals surface area contributed by atoms with Crippen molar-refractivity contribution in [3.8, 4) is 0 Å². The molecule has 0 aliphatic carbocycles. The summed E-state index contributed by atoms with van der Waals surface area (Å²) in [7, 11) is -4.31.